The molecular formula is C93H88F5N13Rh5. The van der Waals surface area contributed by atoms with Crippen LogP contribution >= 0.6 is 0 Å². The van der Waals surface area contributed by atoms with Gasteiger partial charge in [-0.3, -0.25) is 13.6 Å². The van der Waals surface area contributed by atoms with E-state index in [1.165, 1.54) is 39.2 Å². The van der Waals surface area contributed by atoms with Crippen molar-refractivity contribution in [3.8, 4) is 5.69 Å². The fourth-order valence-electron chi connectivity index (χ4n) is 13.5. The Hall–Kier alpha value is -10.0. The molecule has 116 heavy (non-hydrogen) atoms. The van der Waals surface area contributed by atoms with Crippen molar-refractivity contribution >= 4 is 107 Å². The van der Waals surface area contributed by atoms with Crippen LogP contribution in [0.15, 0.2) is 292 Å². The van der Waals surface area contributed by atoms with Crippen LogP contribution in [0.4, 0.5) is 107 Å². The van der Waals surface area contributed by atoms with Gasteiger partial charge in [-0.2, -0.15) is 79.9 Å². The number of fused-ring (bicyclic) bond motifs is 6. The van der Waals surface area contributed by atoms with Gasteiger partial charge in [0.15, 0.2) is 0 Å². The Bertz CT molecular complexity index is 5290. The first-order chi connectivity index (χ1) is 51.5. The maximum atomic E-state index is 13.8. The van der Waals surface area contributed by atoms with Gasteiger partial charge >= 0.3 is 104 Å². The number of alkyl halides is 3. The molecule has 23 heteroatoms. The molecular weight excluding hydrogens is 1910 g/mol. The first-order valence-corrected chi connectivity index (χ1v) is 34.4. The van der Waals surface area contributed by atoms with Crippen LogP contribution in [0.5, 0.6) is 0 Å². The molecule has 1 aromatic heterocycles. The second kappa shape index (κ2) is 44.3. The second-order valence-corrected chi connectivity index (χ2v) is 25.9. The molecule has 5 radical (unpaired) electrons. The fourth-order valence-corrected chi connectivity index (χ4v) is 13.5. The Morgan fingerprint density at radius 1 is 0.379 bits per heavy atom. The van der Waals surface area contributed by atoms with Crippen molar-refractivity contribution in [3.63, 3.8) is 0 Å². The van der Waals surface area contributed by atoms with E-state index in [0.29, 0.717) is 24.7 Å². The van der Waals surface area contributed by atoms with E-state index in [1.54, 1.807) is 11.0 Å². The van der Waals surface area contributed by atoms with E-state index in [2.05, 4.69) is 253 Å². The van der Waals surface area contributed by atoms with Crippen molar-refractivity contribution in [2.24, 2.45) is 0 Å². The third kappa shape index (κ3) is 22.0. The number of aromatic nitrogens is 1. The summed E-state index contributed by atoms with van der Waals surface area (Å²) in [4.78, 5) is 26.4. The van der Waals surface area contributed by atoms with Crippen LogP contribution < -0.4 is 44.1 Å². The molecule has 0 aliphatic carbocycles. The van der Waals surface area contributed by atoms with Crippen LogP contribution in [0.2, 0.25) is 0 Å². The molecule has 0 N–H and O–H groups in total. The Morgan fingerprint density at radius 3 is 1.23 bits per heavy atom. The van der Waals surface area contributed by atoms with E-state index in [-0.39, 0.29) is 140 Å². The average Bonchev–Trinajstić information content (AvgIpc) is 1.46. The number of hydrogen-bond acceptors (Lipinski definition) is 11. The van der Waals surface area contributed by atoms with Crippen molar-refractivity contribution in [2.45, 2.75) is 6.18 Å². The summed E-state index contributed by atoms with van der Waals surface area (Å²) in [6.07, 6.45) is 4.01. The molecule has 605 valence electrons. The van der Waals surface area contributed by atoms with Gasteiger partial charge in [0.1, 0.15) is 0 Å². The minimum Gasteiger partial charge on any atom is -0.361 e. The van der Waals surface area contributed by atoms with Gasteiger partial charge in [-0.05, 0) is 78.5 Å². The van der Waals surface area contributed by atoms with Crippen LogP contribution in [-0.2, 0) is 104 Å². The van der Waals surface area contributed by atoms with Gasteiger partial charge < -0.3 is 95.6 Å². The summed E-state index contributed by atoms with van der Waals surface area (Å²) in [7, 11) is 10.1. The summed E-state index contributed by atoms with van der Waals surface area (Å²) < 4.78 is 67.4. The van der Waals surface area contributed by atoms with Crippen LogP contribution in [0.1, 0.15) is 5.56 Å². The van der Waals surface area contributed by atoms with Gasteiger partial charge in [0.25, 0.3) is 0 Å². The van der Waals surface area contributed by atoms with E-state index >= 15 is 0 Å². The Balaban J connectivity index is 0.000000301. The Kier molecular flexibility index (Phi) is 37.6. The van der Waals surface area contributed by atoms with Gasteiger partial charge in [-0.1, -0.05) is 149 Å². The Labute approximate surface area is 746 Å². The van der Waals surface area contributed by atoms with Gasteiger partial charge in [-0.25, -0.2) is 0 Å². The predicted octanol–water partition coefficient (Wildman–Crippen LogP) is 23.1. The zero-order valence-corrected chi connectivity index (χ0v) is 73.8. The van der Waals surface area contributed by atoms with Gasteiger partial charge in [0.2, 0.25) is 0 Å². The molecule has 12 aromatic carbocycles. The maximum absolute atomic E-state index is 13.8. The molecule has 0 unspecified atom stereocenters. The van der Waals surface area contributed by atoms with Gasteiger partial charge in [0.05, 0.1) is 90.8 Å². The zero-order chi connectivity index (χ0) is 73.4. The van der Waals surface area contributed by atoms with Crippen LogP contribution in [0.25, 0.3) is 32.3 Å². The number of nitrogens with zero attached hydrogens (tertiary/aromatic N) is 13. The van der Waals surface area contributed by atoms with Crippen molar-refractivity contribution in [2.75, 3.05) is 113 Å². The molecule has 13 aromatic rings. The first-order valence-electron chi connectivity index (χ1n) is 34.4. The molecule has 0 atom stereocenters. The normalized spacial score (nSPS) is 12.7. The molecule has 0 saturated carbocycles. The molecule has 0 spiro atoms. The summed E-state index contributed by atoms with van der Waals surface area (Å²) >= 11 is 0. The SMILES string of the molecule is CN1C=CN(c2[c-]ccc(-n3c4ccccc4c4ccccc43)c2)C1.CN1C=CN(c2[c-]ccc(N(c3ccccc3)c3ccccc3)c2)C1.CN1CN(c2[c-]cc(F)cc2F)c2ccccc21.CN1CN(c2[c-]ccc(C(F)(F)F)c2)c2ccccc21.[C-]#[N+]c1cc[c-]c(N2CN(C)c3ccccc32)c1.[CH3-].[CH3-].[CH3-].[CH3-].[CH3-].[Rh+2].[Rh+2].[Rh+2].[Rh+2].[Rh+2]. The number of hydrogen-bond donors (Lipinski definition) is 0. The minimum atomic E-state index is -4.34. The van der Waals surface area contributed by atoms with Crippen molar-refractivity contribution < 1.29 is 119 Å². The first kappa shape index (κ1) is 98.3. The van der Waals surface area contributed by atoms with Crippen LogP contribution in [0.3, 0.4) is 0 Å². The van der Waals surface area contributed by atoms with Crippen LogP contribution in [0, 0.1) is 85.7 Å². The van der Waals surface area contributed by atoms with E-state index in [0.717, 1.165) is 107 Å². The molecule has 0 amide bonds. The van der Waals surface area contributed by atoms with Crippen molar-refractivity contribution in [1.29, 1.82) is 0 Å². The molecule has 18 rings (SSSR count). The van der Waals surface area contributed by atoms with Gasteiger partial charge in [-0.15, -0.1) is 48.5 Å². The topological polar surface area (TPSA) is 44.9 Å². The third-order valence-corrected chi connectivity index (χ3v) is 18.6. The van der Waals surface area contributed by atoms with Gasteiger partial charge in [0, 0.05) is 93.8 Å². The maximum Gasteiger partial charge on any atom is 2.00 e. The van der Waals surface area contributed by atoms with Crippen molar-refractivity contribution in [3.05, 3.63) is 388 Å². The third-order valence-electron chi connectivity index (χ3n) is 18.6. The predicted molar refractivity (Wildman–Crippen MR) is 453 cm³/mol. The zero-order valence-electron chi connectivity index (χ0n) is 65.6. The number of benzene rings is 12. The monoisotopic (exact) mass is 2000 g/mol. The van der Waals surface area contributed by atoms with Crippen LogP contribution in [-0.4, -0.2) is 82.9 Å². The Morgan fingerprint density at radius 2 is 0.776 bits per heavy atom. The fraction of sp³-hybridized carbons (Fsp3) is 0.118. The summed E-state index contributed by atoms with van der Waals surface area (Å²) in [5.74, 6) is -1.21. The minimum absolute atomic E-state index is 0. The standard InChI is InChI=1S/C22H18N3.C22H20N3.C15H12F3N2.C15H12N3.C14H11F2N2.5CH3.5Rh/c1-23-13-14-24(16-23)17-7-6-8-18(15-17)25-21-11-4-2-9-19(21)20-10-3-5-12-22(20)25;1-23-15-16-24(18-23)21-13-8-14-22(17-21)25(19-9-4-2-5-10-19)20-11-6-3-7-12-20;1-19-10-20(14-8-3-2-7-13(14)19)12-6-4-5-11(9-12)15(16,17)18;1-16-12-6-5-7-13(10-12)18-11-17(2)14-8-3-4-9-15(14)18;1-17-9-18(14-5-3-2-4-13(14)17)12-7-6-10(15)8-11(12)16;;;;;;;;;;/h2-6,8-15H,16H2,1H3;2-12,14-17H,18H2,1H3;2-5,7-9H,10H2,1H3;3-6,8-10H,11H2,2H3;2-6,8H,9H2,1H3;5*1H3;;;;;/q10*-1;5*+2. The average molecular weight is 2000 g/mol. The van der Waals surface area contributed by atoms with E-state index in [4.69, 9.17) is 6.57 Å². The van der Waals surface area contributed by atoms with E-state index < -0.39 is 23.4 Å². The molecule has 13 nitrogen and oxygen atoms in total. The summed E-state index contributed by atoms with van der Waals surface area (Å²) in [5.41, 5.74) is 17.0. The molecule has 0 bridgehead atoms. The summed E-state index contributed by atoms with van der Waals surface area (Å²) in [5, 5.41) is 2.57. The quantitative estimate of drug-likeness (QED) is 0.0789. The molecule has 0 saturated heterocycles. The summed E-state index contributed by atoms with van der Waals surface area (Å²) in [6.45, 7) is 10.6. The molecule has 0 fully saturated rings. The number of para-hydroxylation sites is 10. The molecule has 6 heterocycles. The second-order valence-electron chi connectivity index (χ2n) is 25.9. The smallest absolute Gasteiger partial charge is 0.361 e. The van der Waals surface area contributed by atoms with E-state index in [9.17, 15) is 22.0 Å². The van der Waals surface area contributed by atoms with Crippen molar-refractivity contribution in [1.82, 2.24) is 14.4 Å². The molecule has 5 aliphatic heterocycles. The summed E-state index contributed by atoms with van der Waals surface area (Å²) in [6, 6.07) is 101. The number of anilines is 14. The molecule has 5 aliphatic rings. The number of halogens is 5. The van der Waals surface area contributed by atoms with E-state index in [1.807, 2.05) is 126 Å². The largest absolute Gasteiger partial charge is 2.00 e. The number of rotatable bonds is 9.